The third-order valence-corrected chi connectivity index (χ3v) is 3.81. The van der Waals surface area contributed by atoms with E-state index < -0.39 is 17.8 Å². The number of rotatable bonds is 9. The number of carbonyl (C=O) groups excluding carboxylic acids is 3. The van der Waals surface area contributed by atoms with Gasteiger partial charge >= 0.3 is 17.8 Å². The minimum absolute atomic E-state index is 0.00652. The van der Waals surface area contributed by atoms with Crippen LogP contribution in [0.4, 0.5) is 4.79 Å². The lowest BCUT2D eigenvalue weighted by molar-refractivity contribution is -0.143. The van der Waals surface area contributed by atoms with E-state index in [-0.39, 0.29) is 13.2 Å². The number of amides is 4. The van der Waals surface area contributed by atoms with Gasteiger partial charge in [0.25, 0.3) is 0 Å². The molecule has 140 valence electrons. The number of carbonyl (C=O) groups is 3. The van der Waals surface area contributed by atoms with Gasteiger partial charge in [-0.25, -0.2) is 9.69 Å². The largest absolute Gasteiger partial charge is 0.493 e. The van der Waals surface area contributed by atoms with Gasteiger partial charge < -0.3 is 9.47 Å². The fourth-order valence-electron chi connectivity index (χ4n) is 2.65. The van der Waals surface area contributed by atoms with Crippen LogP contribution in [0.15, 0.2) is 30.9 Å². The molecule has 0 radical (unpaired) electrons. The first kappa shape index (κ1) is 19.5. The van der Waals surface area contributed by atoms with E-state index in [1.807, 2.05) is 25.1 Å². The number of hydrogen-bond donors (Lipinski definition) is 0. The number of methoxy groups -OCH3 is 1. The van der Waals surface area contributed by atoms with Gasteiger partial charge in [-0.2, -0.15) is 0 Å². The molecule has 0 aromatic heterocycles. The topological polar surface area (TPSA) is 79.4 Å². The second kappa shape index (κ2) is 8.48. The highest BCUT2D eigenvalue weighted by atomic mass is 16.5. The van der Waals surface area contributed by atoms with Crippen molar-refractivity contribution in [2.45, 2.75) is 13.5 Å². The van der Waals surface area contributed by atoms with Crippen molar-refractivity contribution >= 4 is 17.8 Å². The number of imide groups is 2. The lowest BCUT2D eigenvalue weighted by atomic mass is 10.2. The average Bonchev–Trinajstić information content (AvgIpc) is 2.81. The highest BCUT2D eigenvalue weighted by molar-refractivity contribution is 6.44. The Morgan fingerprint density at radius 2 is 1.85 bits per heavy atom. The molecule has 0 saturated carbocycles. The van der Waals surface area contributed by atoms with Crippen molar-refractivity contribution in [3.05, 3.63) is 36.4 Å². The Bertz CT molecular complexity index is 719. The van der Waals surface area contributed by atoms with E-state index in [9.17, 15) is 14.4 Å². The number of nitrogens with zero attached hydrogens (tertiary/aromatic N) is 3. The molecule has 0 bridgehead atoms. The van der Waals surface area contributed by atoms with Crippen LogP contribution in [0.3, 0.4) is 0 Å². The second-order valence-corrected chi connectivity index (χ2v) is 5.79. The zero-order valence-corrected chi connectivity index (χ0v) is 15.2. The molecule has 4 amide bonds. The Morgan fingerprint density at radius 1 is 1.15 bits per heavy atom. The normalized spacial score (nSPS) is 14.4. The zero-order chi connectivity index (χ0) is 19.3. The summed E-state index contributed by atoms with van der Waals surface area (Å²) in [5, 5.41) is 0. The van der Waals surface area contributed by atoms with Gasteiger partial charge in [0, 0.05) is 13.1 Å². The van der Waals surface area contributed by atoms with Gasteiger partial charge in [0.2, 0.25) is 0 Å². The van der Waals surface area contributed by atoms with E-state index in [0.29, 0.717) is 24.7 Å². The molecule has 0 unspecified atom stereocenters. The predicted octanol–water partition coefficient (Wildman–Crippen LogP) is 1.46. The monoisotopic (exact) mass is 361 g/mol. The molecule has 2 rings (SSSR count). The Hall–Kier alpha value is -2.87. The summed E-state index contributed by atoms with van der Waals surface area (Å²) < 4.78 is 10.8. The van der Waals surface area contributed by atoms with Crippen LogP contribution < -0.4 is 9.47 Å². The summed E-state index contributed by atoms with van der Waals surface area (Å²) in [5.41, 5.74) is 0.918. The molecule has 0 N–H and O–H groups in total. The van der Waals surface area contributed by atoms with Crippen molar-refractivity contribution in [3.63, 3.8) is 0 Å². The molecule has 0 aliphatic carbocycles. The first-order valence-electron chi connectivity index (χ1n) is 8.19. The fraction of sp³-hybridized carbons (Fsp3) is 0.389. The van der Waals surface area contributed by atoms with Crippen LogP contribution in [0.2, 0.25) is 0 Å². The van der Waals surface area contributed by atoms with Crippen molar-refractivity contribution in [3.8, 4) is 11.5 Å². The number of hydrogen-bond acceptors (Lipinski definition) is 6. The molecule has 1 heterocycles. The van der Waals surface area contributed by atoms with Gasteiger partial charge in [-0.3, -0.25) is 19.4 Å². The quantitative estimate of drug-likeness (QED) is 0.376. The van der Waals surface area contributed by atoms with Gasteiger partial charge in [-0.1, -0.05) is 12.1 Å². The van der Waals surface area contributed by atoms with Crippen LogP contribution in [-0.2, 0) is 16.1 Å². The summed E-state index contributed by atoms with van der Waals surface area (Å²) in [4.78, 5) is 39.7. The van der Waals surface area contributed by atoms with Crippen LogP contribution in [0.1, 0.15) is 12.5 Å². The first-order valence-corrected chi connectivity index (χ1v) is 8.19. The molecular weight excluding hydrogens is 338 g/mol. The maximum atomic E-state index is 12.2. The van der Waals surface area contributed by atoms with E-state index >= 15 is 0 Å². The molecule has 26 heavy (non-hydrogen) atoms. The molecule has 1 aromatic rings. The van der Waals surface area contributed by atoms with Gasteiger partial charge in [0.1, 0.15) is 0 Å². The molecule has 8 heteroatoms. The summed E-state index contributed by atoms with van der Waals surface area (Å²) in [6, 6.07) is 4.90. The van der Waals surface area contributed by atoms with E-state index in [0.717, 1.165) is 15.4 Å². The van der Waals surface area contributed by atoms with Gasteiger partial charge in [-0.05, 0) is 31.7 Å². The van der Waals surface area contributed by atoms with Crippen molar-refractivity contribution in [2.75, 3.05) is 34.0 Å². The van der Waals surface area contributed by atoms with E-state index in [1.54, 1.807) is 19.1 Å². The highest BCUT2D eigenvalue weighted by Crippen LogP contribution is 2.28. The van der Waals surface area contributed by atoms with Gasteiger partial charge in [0.15, 0.2) is 11.5 Å². The predicted molar refractivity (Wildman–Crippen MR) is 94.6 cm³/mol. The van der Waals surface area contributed by atoms with Crippen LogP contribution in [0.25, 0.3) is 0 Å². The van der Waals surface area contributed by atoms with E-state index in [4.69, 9.17) is 9.47 Å². The highest BCUT2D eigenvalue weighted by Gasteiger charge is 2.44. The maximum absolute atomic E-state index is 12.2. The van der Waals surface area contributed by atoms with Crippen molar-refractivity contribution in [1.29, 1.82) is 0 Å². The molecule has 1 aromatic carbocycles. The SMILES string of the molecule is C=CCN1C(=O)C(=O)N(CN(C)Cc2ccc(OCC)c(OC)c2)C1=O. The summed E-state index contributed by atoms with van der Waals surface area (Å²) >= 11 is 0. The Labute approximate surface area is 152 Å². The lowest BCUT2D eigenvalue weighted by Gasteiger charge is -2.22. The van der Waals surface area contributed by atoms with Gasteiger partial charge in [0.05, 0.1) is 20.4 Å². The molecule has 0 atom stereocenters. The Morgan fingerprint density at radius 3 is 2.46 bits per heavy atom. The lowest BCUT2D eigenvalue weighted by Crippen LogP contribution is -2.40. The third kappa shape index (κ3) is 4.02. The Balaban J connectivity index is 2.05. The zero-order valence-electron chi connectivity index (χ0n) is 15.2. The summed E-state index contributed by atoms with van der Waals surface area (Å²) in [5.74, 6) is -0.394. The average molecular weight is 361 g/mol. The van der Waals surface area contributed by atoms with E-state index in [2.05, 4.69) is 6.58 Å². The molecule has 8 nitrogen and oxygen atoms in total. The summed E-state index contributed by atoms with van der Waals surface area (Å²) in [6.07, 6.45) is 1.41. The number of benzene rings is 1. The number of ether oxygens (including phenoxy) is 2. The molecule has 1 aliphatic rings. The molecule has 1 aliphatic heterocycles. The number of urea groups is 1. The van der Waals surface area contributed by atoms with Crippen LogP contribution in [-0.4, -0.2) is 66.5 Å². The van der Waals surface area contributed by atoms with E-state index in [1.165, 1.54) is 6.08 Å². The minimum atomic E-state index is -0.828. The fourth-order valence-corrected chi connectivity index (χ4v) is 2.65. The van der Waals surface area contributed by atoms with Crippen LogP contribution >= 0.6 is 0 Å². The van der Waals surface area contributed by atoms with Crippen molar-refractivity contribution in [1.82, 2.24) is 14.7 Å². The molecule has 1 fully saturated rings. The summed E-state index contributed by atoms with van der Waals surface area (Å²) in [6.45, 7) is 6.38. The standard InChI is InChI=1S/C18H23N3O5/c1-5-9-20-16(22)17(23)21(18(20)24)12-19(3)11-13-7-8-14(26-6-2)15(10-13)25-4/h5,7-8,10H,1,6,9,11-12H2,2-4H3. The Kier molecular flexibility index (Phi) is 6.35. The van der Waals surface area contributed by atoms with Crippen LogP contribution in [0.5, 0.6) is 11.5 Å². The molecule has 1 saturated heterocycles. The van der Waals surface area contributed by atoms with Crippen LogP contribution in [0, 0.1) is 0 Å². The first-order chi connectivity index (χ1) is 12.4. The third-order valence-electron chi connectivity index (χ3n) is 3.81. The van der Waals surface area contributed by atoms with Gasteiger partial charge in [-0.15, -0.1) is 6.58 Å². The minimum Gasteiger partial charge on any atom is -0.493 e. The maximum Gasteiger partial charge on any atom is 0.335 e. The smallest absolute Gasteiger partial charge is 0.335 e. The van der Waals surface area contributed by atoms with Crippen molar-refractivity contribution < 1.29 is 23.9 Å². The van der Waals surface area contributed by atoms with Crippen molar-refractivity contribution in [2.24, 2.45) is 0 Å². The molecular formula is C18H23N3O5. The second-order valence-electron chi connectivity index (χ2n) is 5.79. The molecule has 0 spiro atoms. The summed E-state index contributed by atoms with van der Waals surface area (Å²) in [7, 11) is 3.32.